The molecule has 1 N–H and O–H groups in total. The van der Waals surface area contributed by atoms with Crippen LogP contribution in [0.5, 0.6) is 0 Å². The van der Waals surface area contributed by atoms with Crippen LogP contribution in [0, 0.1) is 11.3 Å². The van der Waals surface area contributed by atoms with E-state index in [1.165, 1.54) is 23.5 Å². The smallest absolute Gasteiger partial charge is 0.305 e. The number of carbonyl (C=O) groups excluding carboxylic acids is 1. The van der Waals surface area contributed by atoms with Crippen molar-refractivity contribution in [1.29, 1.82) is 5.26 Å². The van der Waals surface area contributed by atoms with Gasteiger partial charge in [0.05, 0.1) is 17.9 Å². The number of aliphatic hydroxyl groups is 1. The fourth-order valence-corrected chi connectivity index (χ4v) is 3.33. The largest absolute Gasteiger partial charge is 0.463 e. The Balaban J connectivity index is 3.86. The third kappa shape index (κ3) is 9.41. The predicted molar refractivity (Wildman–Crippen MR) is 75.0 cm³/mol. The van der Waals surface area contributed by atoms with Gasteiger partial charge in [0.1, 0.15) is 10.1 Å². The zero-order valence-electron chi connectivity index (χ0n) is 9.55. The van der Waals surface area contributed by atoms with E-state index in [0.717, 1.165) is 9.28 Å². The van der Waals surface area contributed by atoms with E-state index < -0.39 is 5.97 Å². The molecule has 0 amide bonds. The second kappa shape index (κ2) is 10.8. The average Bonchev–Trinajstić information content (AvgIpc) is 2.32. The molecule has 17 heavy (non-hydrogen) atoms. The standard InChI is InChI=1S/C10H15NO3S3/c1-2-16-10(15)17-8(7-11)3-4-9(13)14-6-5-12/h8,12H,2-6H2,1H3. The van der Waals surface area contributed by atoms with Gasteiger partial charge in [0.25, 0.3) is 0 Å². The van der Waals surface area contributed by atoms with E-state index in [4.69, 9.17) is 27.3 Å². The minimum Gasteiger partial charge on any atom is -0.463 e. The van der Waals surface area contributed by atoms with Gasteiger partial charge in [-0.15, -0.1) is 11.8 Å². The molecule has 1 unspecified atom stereocenters. The van der Waals surface area contributed by atoms with Gasteiger partial charge in [0.2, 0.25) is 0 Å². The average molecular weight is 293 g/mol. The molecule has 4 nitrogen and oxygen atoms in total. The summed E-state index contributed by atoms with van der Waals surface area (Å²) in [6.07, 6.45) is 0.584. The number of nitrogens with zero attached hydrogens (tertiary/aromatic N) is 1. The van der Waals surface area contributed by atoms with Crippen LogP contribution in [0.3, 0.4) is 0 Å². The number of nitriles is 1. The normalized spacial score (nSPS) is 11.6. The first-order valence-electron chi connectivity index (χ1n) is 5.13. The predicted octanol–water partition coefficient (Wildman–Crippen LogP) is 1.97. The summed E-state index contributed by atoms with van der Waals surface area (Å²) in [4.78, 5) is 11.1. The lowest BCUT2D eigenvalue weighted by molar-refractivity contribution is -0.144. The molecule has 0 aromatic heterocycles. The first kappa shape index (κ1) is 16.7. The van der Waals surface area contributed by atoms with Gasteiger partial charge in [0.15, 0.2) is 0 Å². The number of rotatable bonds is 7. The number of aliphatic hydroxyl groups excluding tert-OH is 1. The van der Waals surface area contributed by atoms with Crippen LogP contribution in [-0.4, -0.2) is 38.8 Å². The number of ether oxygens (including phenoxy) is 1. The van der Waals surface area contributed by atoms with E-state index in [-0.39, 0.29) is 24.9 Å². The second-order valence-corrected chi connectivity index (χ2v) is 6.57. The topological polar surface area (TPSA) is 70.3 Å². The van der Waals surface area contributed by atoms with Gasteiger partial charge in [-0.2, -0.15) is 5.26 Å². The van der Waals surface area contributed by atoms with Crippen LogP contribution in [0.2, 0.25) is 0 Å². The minimum absolute atomic E-state index is 0.00724. The van der Waals surface area contributed by atoms with Crippen molar-refractivity contribution in [3.63, 3.8) is 0 Å². The maximum absolute atomic E-state index is 11.1. The molecule has 0 aromatic rings. The zero-order chi connectivity index (χ0) is 13.1. The Morgan fingerprint density at radius 3 is 2.88 bits per heavy atom. The molecule has 0 spiro atoms. The first-order chi connectivity index (χ1) is 8.13. The minimum atomic E-state index is -0.394. The van der Waals surface area contributed by atoms with Crippen LogP contribution in [-0.2, 0) is 9.53 Å². The number of esters is 1. The quantitative estimate of drug-likeness (QED) is 0.568. The molecule has 96 valence electrons. The molecule has 0 aromatic carbocycles. The summed E-state index contributed by atoms with van der Waals surface area (Å²) in [6.45, 7) is 1.82. The highest BCUT2D eigenvalue weighted by Gasteiger charge is 2.14. The molecule has 0 heterocycles. The van der Waals surface area contributed by atoms with Crippen LogP contribution >= 0.6 is 35.7 Å². The van der Waals surface area contributed by atoms with Gasteiger partial charge >= 0.3 is 5.97 Å². The lowest BCUT2D eigenvalue weighted by atomic mass is 10.2. The molecule has 0 aliphatic carbocycles. The van der Waals surface area contributed by atoms with Crippen LogP contribution in [0.15, 0.2) is 0 Å². The van der Waals surface area contributed by atoms with Gasteiger partial charge in [-0.25, -0.2) is 0 Å². The second-order valence-electron chi connectivity index (χ2n) is 2.90. The number of carbonyl (C=O) groups is 1. The Kier molecular flexibility index (Phi) is 10.7. The van der Waals surface area contributed by atoms with E-state index in [9.17, 15) is 4.79 Å². The molecule has 0 saturated heterocycles. The van der Waals surface area contributed by atoms with Crippen molar-refractivity contribution >= 4 is 45.2 Å². The van der Waals surface area contributed by atoms with Crippen LogP contribution in [0.1, 0.15) is 19.8 Å². The van der Waals surface area contributed by atoms with Crippen LogP contribution in [0.25, 0.3) is 0 Å². The third-order valence-electron chi connectivity index (χ3n) is 1.61. The molecule has 0 saturated carbocycles. The molecule has 0 bridgehead atoms. The number of hydrogen-bond donors (Lipinski definition) is 1. The van der Waals surface area contributed by atoms with Crippen molar-refractivity contribution in [3.05, 3.63) is 0 Å². The molecule has 0 aliphatic rings. The SMILES string of the molecule is CCSC(=S)SC(C#N)CCC(=O)OCCO. The van der Waals surface area contributed by atoms with Crippen molar-refractivity contribution < 1.29 is 14.6 Å². The van der Waals surface area contributed by atoms with Gasteiger partial charge in [0, 0.05) is 6.42 Å². The first-order valence-corrected chi connectivity index (χ1v) is 7.40. The van der Waals surface area contributed by atoms with E-state index in [2.05, 4.69) is 6.07 Å². The number of hydrogen-bond acceptors (Lipinski definition) is 7. The monoisotopic (exact) mass is 293 g/mol. The van der Waals surface area contributed by atoms with E-state index in [0.29, 0.717) is 6.42 Å². The van der Waals surface area contributed by atoms with E-state index in [1.54, 1.807) is 0 Å². The summed E-state index contributed by atoms with van der Waals surface area (Å²) >= 11 is 7.90. The molecule has 1 atom stereocenters. The summed E-state index contributed by atoms with van der Waals surface area (Å²) in [5, 5.41) is 17.0. The highest BCUT2D eigenvalue weighted by molar-refractivity contribution is 8.47. The maximum atomic E-state index is 11.1. The molecule has 0 rings (SSSR count). The highest BCUT2D eigenvalue weighted by Crippen LogP contribution is 2.24. The molecule has 0 radical (unpaired) electrons. The molecule has 0 aliphatic heterocycles. The van der Waals surface area contributed by atoms with Crippen molar-refractivity contribution in [3.8, 4) is 6.07 Å². The maximum Gasteiger partial charge on any atom is 0.305 e. The summed E-state index contributed by atoms with van der Waals surface area (Å²) < 4.78 is 5.42. The lowest BCUT2D eigenvalue weighted by Gasteiger charge is -2.08. The van der Waals surface area contributed by atoms with Crippen LogP contribution in [0.4, 0.5) is 0 Å². The van der Waals surface area contributed by atoms with Crippen LogP contribution < -0.4 is 0 Å². The van der Waals surface area contributed by atoms with E-state index >= 15 is 0 Å². The van der Waals surface area contributed by atoms with Crippen molar-refractivity contribution in [2.24, 2.45) is 0 Å². The van der Waals surface area contributed by atoms with Gasteiger partial charge in [-0.05, 0) is 12.2 Å². The number of thioether (sulfide) groups is 2. The summed E-state index contributed by atoms with van der Waals surface area (Å²) in [5.41, 5.74) is 0. The Bertz CT molecular complexity index is 291. The fraction of sp³-hybridized carbons (Fsp3) is 0.700. The van der Waals surface area contributed by atoms with Gasteiger partial charge in [-0.3, -0.25) is 4.79 Å². The third-order valence-corrected chi connectivity index (χ3v) is 4.24. The summed E-state index contributed by atoms with van der Waals surface area (Å²) in [7, 11) is 0. The molecule has 7 heteroatoms. The molecular formula is C10H15NO3S3. The number of thiocarbonyl (C=S) groups is 1. The van der Waals surface area contributed by atoms with Crippen molar-refractivity contribution in [2.45, 2.75) is 25.0 Å². The van der Waals surface area contributed by atoms with Crippen molar-refractivity contribution in [2.75, 3.05) is 19.0 Å². The van der Waals surface area contributed by atoms with Crippen molar-refractivity contribution in [1.82, 2.24) is 0 Å². The summed E-state index contributed by atoms with van der Waals surface area (Å²) in [5.74, 6) is 0.483. The molecular weight excluding hydrogens is 278 g/mol. The zero-order valence-corrected chi connectivity index (χ0v) is 12.0. The fourth-order valence-electron chi connectivity index (χ4n) is 0.898. The van der Waals surface area contributed by atoms with E-state index in [1.807, 2.05) is 6.92 Å². The Hall–Kier alpha value is -0.290. The Labute approximate surface area is 115 Å². The Morgan fingerprint density at radius 2 is 2.35 bits per heavy atom. The summed E-state index contributed by atoms with van der Waals surface area (Å²) in [6, 6.07) is 2.11. The molecule has 0 fully saturated rings. The van der Waals surface area contributed by atoms with Gasteiger partial charge in [-0.1, -0.05) is 30.9 Å². The lowest BCUT2D eigenvalue weighted by Crippen LogP contribution is -2.11. The Morgan fingerprint density at radius 1 is 1.65 bits per heavy atom. The van der Waals surface area contributed by atoms with Gasteiger partial charge < -0.3 is 9.84 Å². The highest BCUT2D eigenvalue weighted by atomic mass is 32.2.